The normalized spacial score (nSPS) is 14.7. The molecule has 0 spiro atoms. The summed E-state index contributed by atoms with van der Waals surface area (Å²) >= 11 is 9.45. The van der Waals surface area contributed by atoms with Gasteiger partial charge >= 0.3 is 0 Å². The Morgan fingerprint density at radius 2 is 1.97 bits per heavy atom. The number of aromatic amines is 1. The quantitative estimate of drug-likeness (QED) is 0.418. The van der Waals surface area contributed by atoms with Gasteiger partial charge in [-0.25, -0.2) is 15.0 Å². The standard InChI is InChI=1S/C16H15ClN8OS2.4ClH/c1-2-8-12(17)11-13(19-8)21-15(22-14(11)25-4-7(26)5-25)28-16-20-10(6-27-16)9-3-18-24-23-9;;;;/h6-7,26H,2-5H2,1H3,(H,19,21,22);4*1H. The molecule has 9 nitrogen and oxygen atoms in total. The predicted molar refractivity (Wildman–Crippen MR) is 138 cm³/mol. The Morgan fingerprint density at radius 1 is 1.22 bits per heavy atom. The van der Waals surface area contributed by atoms with E-state index < -0.39 is 0 Å². The van der Waals surface area contributed by atoms with Crippen LogP contribution in [0.2, 0.25) is 5.02 Å². The van der Waals surface area contributed by atoms with Crippen molar-refractivity contribution in [3.63, 3.8) is 0 Å². The first-order valence-electron chi connectivity index (χ1n) is 8.70. The van der Waals surface area contributed by atoms with Crippen molar-refractivity contribution < 1.29 is 5.11 Å². The first-order valence-corrected chi connectivity index (χ1v) is 10.8. The highest BCUT2D eigenvalue weighted by molar-refractivity contribution is 8.00. The lowest BCUT2D eigenvalue weighted by Gasteiger charge is -2.37. The minimum Gasteiger partial charge on any atom is -0.389 e. The third kappa shape index (κ3) is 5.41. The lowest BCUT2D eigenvalue weighted by atomic mass is 10.1. The van der Waals surface area contributed by atoms with Crippen LogP contribution in [0.3, 0.4) is 0 Å². The highest BCUT2D eigenvalue weighted by Gasteiger charge is 2.30. The van der Waals surface area contributed by atoms with Crippen molar-refractivity contribution in [1.82, 2.24) is 19.9 Å². The van der Waals surface area contributed by atoms with E-state index in [2.05, 4.69) is 30.4 Å². The van der Waals surface area contributed by atoms with Crippen molar-refractivity contribution in [1.29, 1.82) is 0 Å². The number of β-amino-alcohol motifs (C(OH)–C–C–N with tert-alkyl or cyclic N) is 1. The number of hydrogen-bond donors (Lipinski definition) is 2. The zero-order valence-corrected chi connectivity index (χ0v) is 22.0. The fraction of sp³-hybridized carbons (Fsp3) is 0.375. The Morgan fingerprint density at radius 3 is 2.59 bits per heavy atom. The molecule has 3 aromatic rings. The van der Waals surface area contributed by atoms with Crippen LogP contribution in [0.5, 0.6) is 0 Å². The predicted octanol–water partition coefficient (Wildman–Crippen LogP) is 4.82. The van der Waals surface area contributed by atoms with Crippen LogP contribution in [-0.2, 0) is 6.42 Å². The van der Waals surface area contributed by atoms with Gasteiger partial charge in [-0.05, 0) is 23.4 Å². The summed E-state index contributed by atoms with van der Waals surface area (Å²) in [5, 5.41) is 25.2. The topological polar surface area (TPSA) is 115 Å². The van der Waals surface area contributed by atoms with Crippen LogP contribution < -0.4 is 4.90 Å². The molecule has 2 N–H and O–H groups in total. The molecule has 16 heteroatoms. The van der Waals surface area contributed by atoms with Crippen LogP contribution >= 0.6 is 84.3 Å². The van der Waals surface area contributed by atoms with E-state index in [0.717, 1.165) is 39.1 Å². The van der Waals surface area contributed by atoms with Crippen LogP contribution in [0.25, 0.3) is 11.0 Å². The summed E-state index contributed by atoms with van der Waals surface area (Å²) in [6, 6.07) is 0. The molecular weight excluding hydrogens is 562 g/mol. The lowest BCUT2D eigenvalue weighted by molar-refractivity contribution is 0.141. The molecule has 2 aliphatic heterocycles. The first-order chi connectivity index (χ1) is 13.6. The molecule has 1 fully saturated rings. The second-order valence-corrected chi connectivity index (χ2v) is 8.87. The number of aryl methyl sites for hydroxylation is 1. The van der Waals surface area contributed by atoms with Gasteiger partial charge in [-0.3, -0.25) is 0 Å². The van der Waals surface area contributed by atoms with Crippen molar-refractivity contribution in [3.05, 3.63) is 21.8 Å². The minimum absolute atomic E-state index is 0. The van der Waals surface area contributed by atoms with Gasteiger partial charge in [0.2, 0.25) is 0 Å². The van der Waals surface area contributed by atoms with Crippen LogP contribution in [0.4, 0.5) is 5.82 Å². The summed E-state index contributed by atoms with van der Waals surface area (Å²) in [4.78, 5) is 19.3. The fourth-order valence-corrected chi connectivity index (χ4v) is 5.12. The van der Waals surface area contributed by atoms with Crippen molar-refractivity contribution in [2.24, 2.45) is 15.4 Å². The molecule has 0 aromatic carbocycles. The summed E-state index contributed by atoms with van der Waals surface area (Å²) in [5.74, 6) is 0.744. The molecule has 3 aromatic heterocycles. The summed E-state index contributed by atoms with van der Waals surface area (Å²) < 4.78 is 0.812. The smallest absolute Gasteiger partial charge is 0.198 e. The van der Waals surface area contributed by atoms with E-state index in [0.29, 0.717) is 35.5 Å². The number of nitrogens with zero attached hydrogens (tertiary/aromatic N) is 7. The number of nitrogens with one attached hydrogen (secondary N) is 1. The van der Waals surface area contributed by atoms with Crippen LogP contribution in [0.1, 0.15) is 18.3 Å². The molecule has 5 heterocycles. The van der Waals surface area contributed by atoms with Crippen LogP contribution in [0.15, 0.2) is 30.3 Å². The number of aliphatic hydroxyl groups excluding tert-OH is 1. The number of fused-ring (bicyclic) bond motifs is 1. The van der Waals surface area contributed by atoms with E-state index in [1.807, 2.05) is 17.2 Å². The van der Waals surface area contributed by atoms with Crippen molar-refractivity contribution >= 4 is 107 Å². The van der Waals surface area contributed by atoms with Gasteiger partial charge in [0.1, 0.15) is 29.4 Å². The zero-order valence-electron chi connectivity index (χ0n) is 16.4. The van der Waals surface area contributed by atoms with E-state index in [-0.39, 0.29) is 55.7 Å². The summed E-state index contributed by atoms with van der Waals surface area (Å²) in [6.07, 6.45) is 0.433. The molecule has 0 saturated carbocycles. The summed E-state index contributed by atoms with van der Waals surface area (Å²) in [7, 11) is 0. The maximum absolute atomic E-state index is 9.72. The zero-order chi connectivity index (χ0) is 19.3. The Balaban J connectivity index is 0.00000128. The molecule has 0 amide bonds. The molecule has 5 rings (SSSR count). The van der Waals surface area contributed by atoms with E-state index in [1.54, 1.807) is 0 Å². The third-order valence-corrected chi connectivity index (χ3v) is 6.77. The molecule has 1 saturated heterocycles. The Kier molecular flexibility index (Phi) is 10.9. The van der Waals surface area contributed by atoms with Gasteiger partial charge in [0, 0.05) is 24.2 Å². The number of anilines is 1. The number of aliphatic hydroxyl groups is 1. The SMILES string of the molecule is CCc1[nH]c2nc(Sc3nc(C4=NN=NC4)cs3)nc(N3CC(O)C3)c2c1Cl.Cl.Cl.Cl.Cl. The maximum atomic E-state index is 9.72. The number of halogens is 5. The fourth-order valence-electron chi connectivity index (χ4n) is 3.08. The number of H-pyrrole nitrogens is 1. The average molecular weight is 581 g/mol. The van der Waals surface area contributed by atoms with Gasteiger partial charge in [-0.1, -0.05) is 18.5 Å². The Labute approximate surface area is 221 Å². The number of thiazole rings is 1. The average Bonchev–Trinajstić information content (AvgIpc) is 3.39. The molecule has 176 valence electrons. The monoisotopic (exact) mass is 578 g/mol. The Hall–Kier alpha value is -0.920. The molecule has 0 atom stereocenters. The lowest BCUT2D eigenvalue weighted by Crippen LogP contribution is -2.51. The van der Waals surface area contributed by atoms with E-state index >= 15 is 0 Å². The second-order valence-electron chi connectivity index (χ2n) is 6.42. The van der Waals surface area contributed by atoms with Gasteiger partial charge in [-0.15, -0.1) is 66.1 Å². The van der Waals surface area contributed by atoms with E-state index in [9.17, 15) is 5.11 Å². The third-order valence-electron chi connectivity index (χ3n) is 4.55. The maximum Gasteiger partial charge on any atom is 0.198 e. The van der Waals surface area contributed by atoms with Crippen LogP contribution in [0, 0.1) is 0 Å². The van der Waals surface area contributed by atoms with Gasteiger partial charge < -0.3 is 15.0 Å². The minimum atomic E-state index is -0.339. The van der Waals surface area contributed by atoms with Gasteiger partial charge in [0.15, 0.2) is 9.50 Å². The van der Waals surface area contributed by atoms with Gasteiger partial charge in [-0.2, -0.15) is 5.11 Å². The largest absolute Gasteiger partial charge is 0.389 e. The van der Waals surface area contributed by atoms with Gasteiger partial charge in [0.05, 0.1) is 16.5 Å². The van der Waals surface area contributed by atoms with Crippen molar-refractivity contribution in [2.75, 3.05) is 24.5 Å². The first kappa shape index (κ1) is 29.1. The second kappa shape index (κ2) is 12.0. The van der Waals surface area contributed by atoms with E-state index in [1.165, 1.54) is 23.1 Å². The molecule has 0 aliphatic carbocycles. The molecule has 0 radical (unpaired) electrons. The van der Waals surface area contributed by atoms with Crippen molar-refractivity contribution in [3.8, 4) is 0 Å². The summed E-state index contributed by atoms with van der Waals surface area (Å²) in [6.45, 7) is 3.56. The Bertz CT molecular complexity index is 1130. The molecule has 0 unspecified atom stereocenters. The van der Waals surface area contributed by atoms with Gasteiger partial charge in [0.25, 0.3) is 0 Å². The van der Waals surface area contributed by atoms with Crippen molar-refractivity contribution in [2.45, 2.75) is 28.9 Å². The number of hydrogen-bond acceptors (Lipinski definition) is 10. The van der Waals surface area contributed by atoms with E-state index in [4.69, 9.17) is 16.6 Å². The highest BCUT2D eigenvalue weighted by atomic mass is 35.5. The van der Waals surface area contributed by atoms with Crippen LogP contribution in [-0.4, -0.2) is 56.5 Å². The highest BCUT2D eigenvalue weighted by Crippen LogP contribution is 2.38. The molecule has 2 aliphatic rings. The number of rotatable bonds is 5. The molecular formula is C16H19Cl5N8OS2. The summed E-state index contributed by atoms with van der Waals surface area (Å²) in [5.41, 5.74) is 3.17. The number of aromatic nitrogens is 4. The molecule has 32 heavy (non-hydrogen) atoms. The molecule has 0 bridgehead atoms.